The molecule has 0 amide bonds. The number of hydrogen-bond acceptors (Lipinski definition) is 6. The highest BCUT2D eigenvalue weighted by molar-refractivity contribution is 7.22. The average molecular weight is 307 g/mol. The second-order valence-corrected chi connectivity index (χ2v) is 6.98. The molecule has 0 bridgehead atoms. The van der Waals surface area contributed by atoms with Crippen LogP contribution in [-0.4, -0.2) is 19.7 Å². The fourth-order valence-corrected chi connectivity index (χ4v) is 4.14. The predicted octanol–water partition coefficient (Wildman–Crippen LogP) is 3.28. The van der Waals surface area contributed by atoms with Gasteiger partial charge in [-0.3, -0.25) is 0 Å². The SMILES string of the molecule is CCc1nc(C)sc1CNc1nc2c(s1)c(C)nn2C. The number of nitrogens with one attached hydrogen (secondary N) is 1. The summed E-state index contributed by atoms with van der Waals surface area (Å²) in [4.78, 5) is 10.5. The molecule has 5 nitrogen and oxygen atoms in total. The molecule has 3 rings (SSSR count). The Morgan fingerprint density at radius 1 is 1.20 bits per heavy atom. The minimum absolute atomic E-state index is 0.793. The van der Waals surface area contributed by atoms with Gasteiger partial charge in [-0.15, -0.1) is 11.3 Å². The van der Waals surface area contributed by atoms with Crippen LogP contribution in [0.2, 0.25) is 0 Å². The zero-order valence-electron chi connectivity index (χ0n) is 12.0. The van der Waals surface area contributed by atoms with Gasteiger partial charge in [-0.2, -0.15) is 5.10 Å². The van der Waals surface area contributed by atoms with Gasteiger partial charge in [0.25, 0.3) is 0 Å². The number of fused-ring (bicyclic) bond motifs is 1. The van der Waals surface area contributed by atoms with E-state index in [2.05, 4.69) is 34.2 Å². The second kappa shape index (κ2) is 5.14. The molecular formula is C13H17N5S2. The van der Waals surface area contributed by atoms with Gasteiger partial charge in [-0.05, 0) is 20.3 Å². The number of thiazole rings is 2. The first kappa shape index (κ1) is 13.5. The zero-order valence-corrected chi connectivity index (χ0v) is 13.7. The van der Waals surface area contributed by atoms with Gasteiger partial charge in [0.1, 0.15) is 0 Å². The van der Waals surface area contributed by atoms with Crippen molar-refractivity contribution in [3.05, 3.63) is 21.3 Å². The number of anilines is 1. The molecule has 0 fully saturated rings. The highest BCUT2D eigenvalue weighted by atomic mass is 32.1. The first-order chi connectivity index (χ1) is 9.58. The Kier molecular flexibility index (Phi) is 3.47. The summed E-state index contributed by atoms with van der Waals surface area (Å²) in [5.74, 6) is 0. The monoisotopic (exact) mass is 307 g/mol. The van der Waals surface area contributed by atoms with Gasteiger partial charge in [-0.25, -0.2) is 14.6 Å². The number of aromatic nitrogens is 4. The molecule has 3 aromatic heterocycles. The molecule has 0 spiro atoms. The maximum Gasteiger partial charge on any atom is 0.185 e. The van der Waals surface area contributed by atoms with Gasteiger partial charge in [0.15, 0.2) is 10.8 Å². The molecule has 20 heavy (non-hydrogen) atoms. The lowest BCUT2D eigenvalue weighted by molar-refractivity contribution is 0.774. The van der Waals surface area contributed by atoms with E-state index in [0.717, 1.165) is 39.1 Å². The third kappa shape index (κ3) is 2.31. The molecule has 0 aromatic carbocycles. The van der Waals surface area contributed by atoms with Gasteiger partial charge in [-0.1, -0.05) is 18.3 Å². The maximum absolute atomic E-state index is 4.60. The van der Waals surface area contributed by atoms with Crippen LogP contribution in [0.3, 0.4) is 0 Å². The van der Waals surface area contributed by atoms with Crippen molar-refractivity contribution < 1.29 is 0 Å². The normalized spacial score (nSPS) is 11.4. The van der Waals surface area contributed by atoms with Gasteiger partial charge < -0.3 is 5.32 Å². The molecular weight excluding hydrogens is 290 g/mol. The zero-order chi connectivity index (χ0) is 14.3. The number of rotatable bonds is 4. The van der Waals surface area contributed by atoms with Crippen molar-refractivity contribution in [2.75, 3.05) is 5.32 Å². The van der Waals surface area contributed by atoms with Crippen LogP contribution >= 0.6 is 22.7 Å². The standard InChI is InChI=1S/C13H17N5S2/c1-5-9-10(19-8(3)15-9)6-14-13-16-12-11(20-13)7(2)17-18(12)4/h5-6H2,1-4H3,(H,14,16). The second-order valence-electron chi connectivity index (χ2n) is 4.69. The predicted molar refractivity (Wildman–Crippen MR) is 84.7 cm³/mol. The van der Waals surface area contributed by atoms with Crippen LogP contribution in [0.1, 0.15) is 28.2 Å². The van der Waals surface area contributed by atoms with Crippen LogP contribution in [0.25, 0.3) is 10.3 Å². The molecule has 7 heteroatoms. The molecule has 3 heterocycles. The van der Waals surface area contributed by atoms with E-state index in [1.54, 1.807) is 22.7 Å². The molecule has 106 valence electrons. The quantitative estimate of drug-likeness (QED) is 0.803. The molecule has 0 aliphatic carbocycles. The Bertz CT molecular complexity index is 718. The van der Waals surface area contributed by atoms with Crippen LogP contribution in [0, 0.1) is 13.8 Å². The maximum atomic E-state index is 4.60. The molecule has 0 unspecified atom stereocenters. The molecule has 0 saturated heterocycles. The van der Waals surface area contributed by atoms with Crippen molar-refractivity contribution >= 4 is 38.2 Å². The lowest BCUT2D eigenvalue weighted by Gasteiger charge is -2.01. The third-order valence-electron chi connectivity index (χ3n) is 3.16. The van der Waals surface area contributed by atoms with E-state index >= 15 is 0 Å². The van der Waals surface area contributed by atoms with Crippen LogP contribution in [0.5, 0.6) is 0 Å². The summed E-state index contributed by atoms with van der Waals surface area (Å²) in [6, 6.07) is 0. The van der Waals surface area contributed by atoms with E-state index in [4.69, 9.17) is 0 Å². The topological polar surface area (TPSA) is 55.6 Å². The molecule has 1 N–H and O–H groups in total. The summed E-state index contributed by atoms with van der Waals surface area (Å²) < 4.78 is 2.99. The Morgan fingerprint density at radius 3 is 2.70 bits per heavy atom. The lowest BCUT2D eigenvalue weighted by atomic mass is 10.3. The molecule has 0 radical (unpaired) electrons. The van der Waals surface area contributed by atoms with Crippen LogP contribution in [0.4, 0.5) is 5.13 Å². The van der Waals surface area contributed by atoms with Crippen molar-refractivity contribution in [2.24, 2.45) is 7.05 Å². The number of nitrogens with zero attached hydrogens (tertiary/aromatic N) is 4. The highest BCUT2D eigenvalue weighted by Crippen LogP contribution is 2.29. The largest absolute Gasteiger partial charge is 0.356 e. The third-order valence-corrected chi connectivity index (χ3v) is 5.29. The van der Waals surface area contributed by atoms with E-state index in [0.29, 0.717) is 0 Å². The Labute approximate surface area is 125 Å². The van der Waals surface area contributed by atoms with E-state index in [9.17, 15) is 0 Å². The highest BCUT2D eigenvalue weighted by Gasteiger charge is 2.13. The van der Waals surface area contributed by atoms with Crippen molar-refractivity contribution in [3.8, 4) is 0 Å². The molecule has 0 aliphatic heterocycles. The number of hydrogen-bond donors (Lipinski definition) is 1. The van der Waals surface area contributed by atoms with Crippen LogP contribution in [0.15, 0.2) is 0 Å². The summed E-state index contributed by atoms with van der Waals surface area (Å²) in [6.45, 7) is 7.01. The van der Waals surface area contributed by atoms with Crippen molar-refractivity contribution in [2.45, 2.75) is 33.7 Å². The van der Waals surface area contributed by atoms with E-state index in [-0.39, 0.29) is 0 Å². The van der Waals surface area contributed by atoms with Crippen LogP contribution in [-0.2, 0) is 20.0 Å². The van der Waals surface area contributed by atoms with E-state index in [1.165, 1.54) is 10.6 Å². The fourth-order valence-electron chi connectivity index (χ4n) is 2.24. The Balaban J connectivity index is 1.81. The van der Waals surface area contributed by atoms with Gasteiger partial charge in [0.05, 0.1) is 27.6 Å². The fraction of sp³-hybridized carbons (Fsp3) is 0.462. The minimum Gasteiger partial charge on any atom is -0.356 e. The van der Waals surface area contributed by atoms with Gasteiger partial charge in [0.2, 0.25) is 0 Å². The molecule has 3 aromatic rings. The van der Waals surface area contributed by atoms with Crippen molar-refractivity contribution in [3.63, 3.8) is 0 Å². The van der Waals surface area contributed by atoms with Crippen LogP contribution < -0.4 is 5.32 Å². The summed E-state index contributed by atoms with van der Waals surface area (Å²) in [5.41, 5.74) is 3.18. The smallest absolute Gasteiger partial charge is 0.185 e. The van der Waals surface area contributed by atoms with Crippen molar-refractivity contribution in [1.82, 2.24) is 19.7 Å². The number of aryl methyl sites for hydroxylation is 4. The van der Waals surface area contributed by atoms with E-state index < -0.39 is 0 Å². The first-order valence-electron chi connectivity index (χ1n) is 6.57. The Hall–Kier alpha value is -1.47. The summed E-state index contributed by atoms with van der Waals surface area (Å²) in [7, 11) is 1.93. The minimum atomic E-state index is 0.793. The van der Waals surface area contributed by atoms with E-state index in [1.807, 2.05) is 18.7 Å². The first-order valence-corrected chi connectivity index (χ1v) is 8.21. The summed E-state index contributed by atoms with van der Waals surface area (Å²) in [6.07, 6.45) is 0.976. The van der Waals surface area contributed by atoms with Crippen molar-refractivity contribution in [1.29, 1.82) is 0 Å². The molecule has 0 saturated carbocycles. The van der Waals surface area contributed by atoms with Gasteiger partial charge in [0, 0.05) is 11.9 Å². The molecule has 0 aliphatic rings. The average Bonchev–Trinajstić information content (AvgIpc) is 3.04. The lowest BCUT2D eigenvalue weighted by Crippen LogP contribution is -2.00. The molecule has 0 atom stereocenters. The van der Waals surface area contributed by atoms with Gasteiger partial charge >= 0.3 is 0 Å². The summed E-state index contributed by atoms with van der Waals surface area (Å²) >= 11 is 3.42. The summed E-state index contributed by atoms with van der Waals surface area (Å²) in [5, 5.41) is 9.86. The Morgan fingerprint density at radius 2 is 2.00 bits per heavy atom.